The molecule has 0 bridgehead atoms. The molecule has 1 aliphatic heterocycles. The number of hydrogen-bond acceptors (Lipinski definition) is 5. The van der Waals surface area contributed by atoms with Crippen LogP contribution in [0.5, 0.6) is 0 Å². The van der Waals surface area contributed by atoms with Gasteiger partial charge >= 0.3 is 0 Å². The van der Waals surface area contributed by atoms with Crippen LogP contribution in [-0.2, 0) is 11.2 Å². The molecular weight excluding hydrogens is 426 g/mol. The van der Waals surface area contributed by atoms with E-state index in [0.29, 0.717) is 5.56 Å². The number of ether oxygens (including phenoxy) is 1. The van der Waals surface area contributed by atoms with E-state index in [1.807, 2.05) is 30.5 Å². The molecule has 7 heteroatoms. The van der Waals surface area contributed by atoms with Crippen LogP contribution in [0.2, 0.25) is 0 Å². The lowest BCUT2D eigenvalue weighted by atomic mass is 10.0. The molecule has 2 aliphatic rings. The van der Waals surface area contributed by atoms with Crippen LogP contribution in [0.4, 0.5) is 0 Å². The first-order valence-corrected chi connectivity index (χ1v) is 11.8. The van der Waals surface area contributed by atoms with Crippen molar-refractivity contribution < 1.29 is 9.53 Å². The highest BCUT2D eigenvalue weighted by Crippen LogP contribution is 2.36. The molecule has 0 spiro atoms. The highest BCUT2D eigenvalue weighted by Gasteiger charge is 2.40. The van der Waals surface area contributed by atoms with Crippen molar-refractivity contribution in [3.05, 3.63) is 83.8 Å². The van der Waals surface area contributed by atoms with Crippen LogP contribution in [-0.4, -0.2) is 58.1 Å². The minimum absolute atomic E-state index is 0.0568. The Bertz CT molecular complexity index is 1330. The number of carbonyl (C=O) groups excluding carboxylic acids is 1. The topological polar surface area (TPSA) is 83.1 Å². The van der Waals surface area contributed by atoms with Gasteiger partial charge in [-0.2, -0.15) is 0 Å². The van der Waals surface area contributed by atoms with E-state index in [-0.39, 0.29) is 24.1 Å². The Hall–Kier alpha value is -3.55. The van der Waals surface area contributed by atoms with E-state index in [1.165, 1.54) is 11.1 Å². The Labute approximate surface area is 198 Å². The van der Waals surface area contributed by atoms with Crippen molar-refractivity contribution in [1.82, 2.24) is 25.2 Å². The van der Waals surface area contributed by atoms with Crippen molar-refractivity contribution in [3.8, 4) is 11.3 Å². The van der Waals surface area contributed by atoms with Crippen molar-refractivity contribution in [2.24, 2.45) is 0 Å². The van der Waals surface area contributed by atoms with Gasteiger partial charge in [-0.1, -0.05) is 24.3 Å². The van der Waals surface area contributed by atoms with Gasteiger partial charge in [-0.05, 0) is 48.2 Å². The van der Waals surface area contributed by atoms with Crippen molar-refractivity contribution in [1.29, 1.82) is 0 Å². The third kappa shape index (κ3) is 3.67. The van der Waals surface area contributed by atoms with Crippen LogP contribution < -0.4 is 5.32 Å². The minimum atomic E-state index is -0.102. The average molecular weight is 454 g/mol. The summed E-state index contributed by atoms with van der Waals surface area (Å²) in [6, 6.07) is 16.3. The molecular formula is C27H27N5O2. The summed E-state index contributed by atoms with van der Waals surface area (Å²) in [7, 11) is 1.78. The van der Waals surface area contributed by atoms with E-state index < -0.39 is 0 Å². The molecule has 0 saturated carbocycles. The number of fused-ring (bicyclic) bond motifs is 2. The van der Waals surface area contributed by atoms with Gasteiger partial charge in [-0.3, -0.25) is 14.7 Å². The zero-order valence-corrected chi connectivity index (χ0v) is 19.1. The molecule has 0 unspecified atom stereocenters. The molecule has 1 saturated heterocycles. The number of benzene rings is 1. The number of nitrogens with zero attached hydrogens (tertiary/aromatic N) is 3. The molecule has 4 heterocycles. The first kappa shape index (κ1) is 21.0. The van der Waals surface area contributed by atoms with Crippen LogP contribution in [0.3, 0.4) is 0 Å². The quantitative estimate of drug-likeness (QED) is 0.481. The Morgan fingerprint density at radius 2 is 2.06 bits per heavy atom. The molecule has 3 aromatic heterocycles. The van der Waals surface area contributed by atoms with Gasteiger partial charge in [-0.25, -0.2) is 4.98 Å². The van der Waals surface area contributed by atoms with Gasteiger partial charge in [0.15, 0.2) is 0 Å². The SMILES string of the molecule is CO[C@@H]1CCN([C@@H]2Cc3ccccc3[C@H]2NC(=O)c2ccc(-c3ccnc4[nH]ccc34)nc2)C1. The average Bonchev–Trinajstić information content (AvgIpc) is 3.62. The smallest absolute Gasteiger partial charge is 0.253 e. The molecule has 6 rings (SSSR count). The van der Waals surface area contributed by atoms with Gasteiger partial charge in [0, 0.05) is 55.8 Å². The van der Waals surface area contributed by atoms with Crippen LogP contribution in [0.25, 0.3) is 22.3 Å². The summed E-state index contributed by atoms with van der Waals surface area (Å²) < 4.78 is 5.59. The van der Waals surface area contributed by atoms with E-state index in [4.69, 9.17) is 4.74 Å². The maximum atomic E-state index is 13.3. The molecule has 1 amide bonds. The Morgan fingerprint density at radius 3 is 2.88 bits per heavy atom. The highest BCUT2D eigenvalue weighted by molar-refractivity contribution is 5.95. The molecule has 0 radical (unpaired) electrons. The number of H-pyrrole nitrogens is 1. The monoisotopic (exact) mass is 453 g/mol. The zero-order chi connectivity index (χ0) is 23.1. The molecule has 1 fully saturated rings. The predicted molar refractivity (Wildman–Crippen MR) is 130 cm³/mol. The second kappa shape index (κ2) is 8.66. The molecule has 3 atom stereocenters. The molecule has 172 valence electrons. The number of carbonyl (C=O) groups is 1. The third-order valence-corrected chi connectivity index (χ3v) is 7.23. The fourth-order valence-corrected chi connectivity index (χ4v) is 5.43. The van der Waals surface area contributed by atoms with Crippen LogP contribution >= 0.6 is 0 Å². The number of nitrogens with one attached hydrogen (secondary N) is 2. The molecule has 2 N–H and O–H groups in total. The maximum absolute atomic E-state index is 13.3. The molecule has 1 aromatic carbocycles. The summed E-state index contributed by atoms with van der Waals surface area (Å²) in [6.07, 6.45) is 7.52. The number of hydrogen-bond donors (Lipinski definition) is 2. The number of aromatic nitrogens is 3. The second-order valence-corrected chi connectivity index (χ2v) is 9.09. The summed E-state index contributed by atoms with van der Waals surface area (Å²) in [5.41, 5.74) is 5.70. The predicted octanol–water partition coefficient (Wildman–Crippen LogP) is 3.74. The zero-order valence-electron chi connectivity index (χ0n) is 19.1. The first-order chi connectivity index (χ1) is 16.7. The lowest BCUT2D eigenvalue weighted by Gasteiger charge is -2.30. The van der Waals surface area contributed by atoms with E-state index in [0.717, 1.165) is 48.2 Å². The lowest BCUT2D eigenvalue weighted by molar-refractivity contribution is 0.0860. The van der Waals surface area contributed by atoms with Gasteiger partial charge in [0.2, 0.25) is 0 Å². The number of likely N-dealkylation sites (tertiary alicyclic amines) is 1. The maximum Gasteiger partial charge on any atom is 0.253 e. The second-order valence-electron chi connectivity index (χ2n) is 9.09. The Morgan fingerprint density at radius 1 is 1.15 bits per heavy atom. The molecule has 1 aliphatic carbocycles. The van der Waals surface area contributed by atoms with Gasteiger partial charge in [0.05, 0.1) is 23.4 Å². The van der Waals surface area contributed by atoms with E-state index >= 15 is 0 Å². The first-order valence-electron chi connectivity index (χ1n) is 11.8. The highest BCUT2D eigenvalue weighted by atomic mass is 16.5. The standard InChI is InChI=1S/C27H27N5O2/c1-34-19-10-13-32(16-19)24-14-17-4-2-3-5-20(17)25(24)31-27(33)18-6-7-23(30-15-18)21-8-11-28-26-22(21)9-12-29-26/h2-9,11-12,15,19,24-25H,10,13-14,16H2,1H3,(H,28,29)(H,31,33)/t19-,24-,25-/m1/s1. The number of pyridine rings is 2. The third-order valence-electron chi connectivity index (χ3n) is 7.23. The lowest BCUT2D eigenvalue weighted by Crippen LogP contribution is -2.44. The summed E-state index contributed by atoms with van der Waals surface area (Å²) in [5.74, 6) is -0.102. The number of methoxy groups -OCH3 is 1. The minimum Gasteiger partial charge on any atom is -0.380 e. The van der Waals surface area contributed by atoms with E-state index in [1.54, 1.807) is 19.5 Å². The van der Waals surface area contributed by atoms with Crippen molar-refractivity contribution in [3.63, 3.8) is 0 Å². The van der Waals surface area contributed by atoms with Crippen molar-refractivity contribution in [2.45, 2.75) is 31.0 Å². The van der Waals surface area contributed by atoms with Crippen LogP contribution in [0, 0.1) is 0 Å². The van der Waals surface area contributed by atoms with E-state index in [9.17, 15) is 4.79 Å². The van der Waals surface area contributed by atoms with Gasteiger partial charge in [0.25, 0.3) is 5.91 Å². The van der Waals surface area contributed by atoms with Crippen LogP contribution in [0.15, 0.2) is 67.1 Å². The molecule has 34 heavy (non-hydrogen) atoms. The largest absolute Gasteiger partial charge is 0.380 e. The number of aromatic amines is 1. The van der Waals surface area contributed by atoms with Gasteiger partial charge < -0.3 is 15.0 Å². The van der Waals surface area contributed by atoms with Gasteiger partial charge in [0.1, 0.15) is 5.65 Å². The number of rotatable bonds is 5. The Balaban J connectivity index is 1.24. The van der Waals surface area contributed by atoms with Crippen molar-refractivity contribution >= 4 is 16.9 Å². The van der Waals surface area contributed by atoms with Crippen molar-refractivity contribution in [2.75, 3.05) is 20.2 Å². The summed E-state index contributed by atoms with van der Waals surface area (Å²) >= 11 is 0. The van der Waals surface area contributed by atoms with Gasteiger partial charge in [-0.15, -0.1) is 0 Å². The normalized spacial score (nSPS) is 22.2. The summed E-state index contributed by atoms with van der Waals surface area (Å²) in [6.45, 7) is 1.89. The molecule has 4 aromatic rings. The summed E-state index contributed by atoms with van der Waals surface area (Å²) in [4.78, 5) is 27.8. The summed E-state index contributed by atoms with van der Waals surface area (Å²) in [5, 5.41) is 4.33. The molecule has 7 nitrogen and oxygen atoms in total. The number of amides is 1. The Kier molecular flexibility index (Phi) is 5.36. The van der Waals surface area contributed by atoms with E-state index in [2.05, 4.69) is 49.4 Å². The fourth-order valence-electron chi connectivity index (χ4n) is 5.43. The van der Waals surface area contributed by atoms with Crippen LogP contribution in [0.1, 0.15) is 33.9 Å². The fraction of sp³-hybridized carbons (Fsp3) is 0.296.